The smallest absolute Gasteiger partial charge is 0.359 e. The second-order valence-electron chi connectivity index (χ2n) is 6.12. The average Bonchev–Trinajstić information content (AvgIpc) is 3.07. The van der Waals surface area contributed by atoms with Crippen molar-refractivity contribution in [1.82, 2.24) is 14.5 Å². The summed E-state index contributed by atoms with van der Waals surface area (Å²) in [5, 5.41) is 0. The summed E-state index contributed by atoms with van der Waals surface area (Å²) in [6.07, 6.45) is 9.49. The zero-order chi connectivity index (χ0) is 19.0. The Kier molecular flexibility index (Phi) is 4.61. The number of carbonyl (C=O) groups is 1. The van der Waals surface area contributed by atoms with Crippen LogP contribution >= 0.6 is 15.9 Å². The summed E-state index contributed by atoms with van der Waals surface area (Å²) in [6.45, 7) is 3.95. The molecule has 4 rings (SSSR count). The van der Waals surface area contributed by atoms with Crippen molar-refractivity contribution >= 4 is 33.3 Å². The Morgan fingerprint density at radius 2 is 2.19 bits per heavy atom. The van der Waals surface area contributed by atoms with E-state index in [4.69, 9.17) is 9.73 Å². The summed E-state index contributed by atoms with van der Waals surface area (Å²) in [7, 11) is 0. The van der Waals surface area contributed by atoms with Crippen molar-refractivity contribution in [3.8, 4) is 0 Å². The molecular formula is C20H17BrN4O2. The molecule has 0 spiro atoms. The zero-order valence-corrected chi connectivity index (χ0v) is 16.5. The summed E-state index contributed by atoms with van der Waals surface area (Å²) < 4.78 is 8.08. The number of carbonyl (C=O) groups excluding carboxylic acids is 1. The quantitative estimate of drug-likeness (QED) is 0.695. The van der Waals surface area contributed by atoms with Crippen LogP contribution in [0.5, 0.6) is 0 Å². The van der Waals surface area contributed by atoms with Gasteiger partial charge in [-0.15, -0.1) is 0 Å². The van der Waals surface area contributed by atoms with Gasteiger partial charge in [-0.1, -0.05) is 28.1 Å². The van der Waals surface area contributed by atoms with E-state index in [1.54, 1.807) is 19.4 Å². The topological polar surface area (TPSA) is 69.4 Å². The monoisotopic (exact) mass is 424 g/mol. The number of aliphatic imine (C=N–C) groups is 1. The van der Waals surface area contributed by atoms with Crippen LogP contribution in [0.15, 0.2) is 64.0 Å². The molecule has 2 aliphatic rings. The minimum absolute atomic E-state index is 0.143. The van der Waals surface area contributed by atoms with Crippen LogP contribution in [0, 0.1) is 0 Å². The fourth-order valence-corrected chi connectivity index (χ4v) is 3.69. The molecule has 0 aromatic carbocycles. The second kappa shape index (κ2) is 7.08. The molecule has 1 aliphatic heterocycles. The first-order chi connectivity index (χ1) is 13.1. The molecule has 1 unspecified atom stereocenters. The normalized spacial score (nSPS) is 18.3. The van der Waals surface area contributed by atoms with Crippen molar-refractivity contribution in [2.75, 3.05) is 6.61 Å². The van der Waals surface area contributed by atoms with E-state index >= 15 is 0 Å². The Bertz CT molecular complexity index is 1030. The highest BCUT2D eigenvalue weighted by atomic mass is 79.9. The predicted molar refractivity (Wildman–Crippen MR) is 107 cm³/mol. The van der Waals surface area contributed by atoms with Gasteiger partial charge in [-0.05, 0) is 38.1 Å². The van der Waals surface area contributed by atoms with Crippen LogP contribution in [0.2, 0.25) is 0 Å². The second-order valence-corrected chi connectivity index (χ2v) is 7.03. The van der Waals surface area contributed by atoms with E-state index in [2.05, 4.69) is 32.0 Å². The van der Waals surface area contributed by atoms with E-state index in [0.717, 1.165) is 21.4 Å². The number of rotatable bonds is 3. The lowest BCUT2D eigenvalue weighted by Gasteiger charge is -2.21. The maximum Gasteiger partial charge on any atom is 0.359 e. The van der Waals surface area contributed by atoms with E-state index in [1.807, 2.05) is 41.8 Å². The highest BCUT2D eigenvalue weighted by Crippen LogP contribution is 2.38. The Morgan fingerprint density at radius 3 is 2.93 bits per heavy atom. The lowest BCUT2D eigenvalue weighted by atomic mass is 9.98. The van der Waals surface area contributed by atoms with Crippen molar-refractivity contribution in [3.63, 3.8) is 0 Å². The van der Waals surface area contributed by atoms with Crippen molar-refractivity contribution in [2.24, 2.45) is 4.99 Å². The van der Waals surface area contributed by atoms with Gasteiger partial charge in [0, 0.05) is 16.3 Å². The molecule has 1 aliphatic carbocycles. The fourth-order valence-electron chi connectivity index (χ4n) is 3.29. The molecule has 136 valence electrons. The van der Waals surface area contributed by atoms with Crippen molar-refractivity contribution < 1.29 is 9.53 Å². The molecule has 0 saturated heterocycles. The number of halogens is 1. The van der Waals surface area contributed by atoms with Crippen molar-refractivity contribution in [1.29, 1.82) is 0 Å². The Hall–Kier alpha value is -2.80. The summed E-state index contributed by atoms with van der Waals surface area (Å²) in [5.41, 5.74) is 4.17. The van der Waals surface area contributed by atoms with Gasteiger partial charge in [0.15, 0.2) is 5.69 Å². The summed E-state index contributed by atoms with van der Waals surface area (Å²) >= 11 is 3.55. The lowest BCUT2D eigenvalue weighted by molar-refractivity contribution is 0.0519. The molecule has 27 heavy (non-hydrogen) atoms. The van der Waals surface area contributed by atoms with Gasteiger partial charge >= 0.3 is 5.97 Å². The number of allylic oxidation sites excluding steroid dienone is 5. The molecule has 7 heteroatoms. The van der Waals surface area contributed by atoms with Crippen LogP contribution in [0.25, 0.3) is 5.70 Å². The van der Waals surface area contributed by atoms with Gasteiger partial charge in [-0.25, -0.2) is 14.8 Å². The zero-order valence-electron chi connectivity index (χ0n) is 14.9. The van der Waals surface area contributed by atoms with Gasteiger partial charge < -0.3 is 9.30 Å². The molecule has 1 atom stereocenters. The van der Waals surface area contributed by atoms with Gasteiger partial charge in [0.2, 0.25) is 0 Å². The number of nitrogens with zero attached hydrogens (tertiary/aromatic N) is 4. The molecule has 0 amide bonds. The third kappa shape index (κ3) is 3.08. The number of aromatic nitrogens is 3. The van der Waals surface area contributed by atoms with Crippen LogP contribution in [0.4, 0.5) is 0 Å². The highest BCUT2D eigenvalue weighted by molar-refractivity contribution is 9.11. The number of hydrogen-bond acceptors (Lipinski definition) is 5. The minimum atomic E-state index is -0.444. The van der Waals surface area contributed by atoms with Gasteiger partial charge in [0.1, 0.15) is 0 Å². The largest absolute Gasteiger partial charge is 0.461 e. The number of hydrogen-bond donors (Lipinski definition) is 0. The van der Waals surface area contributed by atoms with Crippen LogP contribution < -0.4 is 0 Å². The van der Waals surface area contributed by atoms with Gasteiger partial charge in [0.05, 0.1) is 41.8 Å². The lowest BCUT2D eigenvalue weighted by Crippen LogP contribution is -2.16. The SMILES string of the molecule is CCOC(=O)c1ncn2c1C(C)=NC(c1ccccn1)=C1C=C(Br)C=CC12. The summed E-state index contributed by atoms with van der Waals surface area (Å²) in [6, 6.07) is 5.60. The molecule has 2 aromatic heterocycles. The summed E-state index contributed by atoms with van der Waals surface area (Å²) in [5.74, 6) is -0.444. The third-order valence-corrected chi connectivity index (χ3v) is 4.91. The standard InChI is InChI=1S/C20H17BrN4O2/c1-3-27-20(26)18-19-12(2)24-17(15-6-4-5-9-22-15)14-10-13(21)7-8-16(14)25(19)11-23-18/h4-11,16H,3H2,1-2H3. The molecular weight excluding hydrogens is 408 g/mol. The first-order valence-corrected chi connectivity index (χ1v) is 9.40. The maximum atomic E-state index is 12.4. The number of fused-ring (bicyclic) bond motifs is 3. The first-order valence-electron chi connectivity index (χ1n) is 8.60. The van der Waals surface area contributed by atoms with Gasteiger partial charge in [0.25, 0.3) is 0 Å². The fraction of sp³-hybridized carbons (Fsp3) is 0.200. The van der Waals surface area contributed by atoms with Crippen LogP contribution in [0.3, 0.4) is 0 Å². The third-order valence-electron chi connectivity index (χ3n) is 4.42. The Labute approximate surface area is 165 Å². The molecule has 3 heterocycles. The van der Waals surface area contributed by atoms with Gasteiger partial charge in [-0.2, -0.15) is 0 Å². The van der Waals surface area contributed by atoms with Crippen LogP contribution in [-0.2, 0) is 4.74 Å². The number of imidazole rings is 1. The van der Waals surface area contributed by atoms with E-state index in [9.17, 15) is 4.79 Å². The van der Waals surface area contributed by atoms with Gasteiger partial charge in [-0.3, -0.25) is 4.98 Å². The first kappa shape index (κ1) is 17.6. The Balaban J connectivity index is 1.95. The molecule has 0 fully saturated rings. The molecule has 0 saturated carbocycles. The van der Waals surface area contributed by atoms with E-state index in [-0.39, 0.29) is 11.7 Å². The average molecular weight is 425 g/mol. The van der Waals surface area contributed by atoms with E-state index in [0.29, 0.717) is 18.0 Å². The van der Waals surface area contributed by atoms with Crippen molar-refractivity contribution in [2.45, 2.75) is 19.9 Å². The number of esters is 1. The molecule has 0 radical (unpaired) electrons. The summed E-state index contributed by atoms with van der Waals surface area (Å²) in [4.78, 5) is 26.0. The van der Waals surface area contributed by atoms with E-state index in [1.165, 1.54) is 0 Å². The van der Waals surface area contributed by atoms with E-state index < -0.39 is 5.97 Å². The maximum absolute atomic E-state index is 12.4. The highest BCUT2D eigenvalue weighted by Gasteiger charge is 2.31. The molecule has 6 nitrogen and oxygen atoms in total. The number of ether oxygens (including phenoxy) is 1. The van der Waals surface area contributed by atoms with Crippen LogP contribution in [0.1, 0.15) is 41.8 Å². The predicted octanol–water partition coefficient (Wildman–Crippen LogP) is 4.08. The molecule has 0 N–H and O–H groups in total. The minimum Gasteiger partial charge on any atom is -0.461 e. The molecule has 2 aromatic rings. The van der Waals surface area contributed by atoms with Crippen molar-refractivity contribution in [3.05, 3.63) is 76.1 Å². The number of pyridine rings is 1. The molecule has 0 bridgehead atoms. The van der Waals surface area contributed by atoms with Crippen LogP contribution in [-0.4, -0.2) is 32.8 Å². The Morgan fingerprint density at radius 1 is 1.33 bits per heavy atom.